The molecule has 0 spiro atoms. The van der Waals surface area contributed by atoms with Crippen LogP contribution in [0.2, 0.25) is 0 Å². The van der Waals surface area contributed by atoms with Crippen LogP contribution in [-0.4, -0.2) is 27.9 Å². The summed E-state index contributed by atoms with van der Waals surface area (Å²) in [5, 5.41) is 6.38. The van der Waals surface area contributed by atoms with E-state index < -0.39 is 0 Å². The van der Waals surface area contributed by atoms with Crippen LogP contribution >= 0.6 is 71.1 Å². The molecular formula is C8H13IN2S4. The molecule has 0 aliphatic carbocycles. The molecule has 0 unspecified atom stereocenters. The normalized spacial score (nSPS) is 9.40. The van der Waals surface area contributed by atoms with Gasteiger partial charge >= 0.3 is 0 Å². The minimum absolute atomic E-state index is 0. The molecule has 1 N–H and O–H groups in total. The maximum absolute atomic E-state index is 5.02. The lowest BCUT2D eigenvalue weighted by molar-refractivity contribution is 1.01. The maximum Gasteiger partial charge on any atom is 0.133 e. The fourth-order valence-electron chi connectivity index (χ4n) is 0.781. The van der Waals surface area contributed by atoms with Gasteiger partial charge in [0.1, 0.15) is 9.33 Å². The van der Waals surface area contributed by atoms with Crippen LogP contribution in [0, 0.1) is 0 Å². The highest BCUT2D eigenvalue weighted by Crippen LogP contribution is 2.13. The fourth-order valence-corrected chi connectivity index (χ4v) is 2.69. The first-order valence-corrected chi connectivity index (χ1v) is 7.77. The number of thiocarbonyl (C=S) groups is 1. The SMILES string of the molecule is CSC(=S)NCCSCc1nccs1.I. The first-order chi connectivity index (χ1) is 6.83. The van der Waals surface area contributed by atoms with Crippen LogP contribution in [0.15, 0.2) is 11.6 Å². The van der Waals surface area contributed by atoms with Gasteiger partial charge in [-0.05, 0) is 6.26 Å². The number of thiazole rings is 1. The molecule has 0 saturated heterocycles. The highest BCUT2D eigenvalue weighted by atomic mass is 127. The summed E-state index contributed by atoms with van der Waals surface area (Å²) in [6.07, 6.45) is 3.83. The Morgan fingerprint density at radius 1 is 1.67 bits per heavy atom. The van der Waals surface area contributed by atoms with E-state index in [2.05, 4.69) is 10.3 Å². The lowest BCUT2D eigenvalue weighted by Gasteiger charge is -2.03. The number of halogens is 1. The van der Waals surface area contributed by atoms with Crippen molar-refractivity contribution in [3.63, 3.8) is 0 Å². The molecule has 0 fully saturated rings. The van der Waals surface area contributed by atoms with E-state index in [0.717, 1.165) is 22.4 Å². The molecular weight excluding hydrogens is 379 g/mol. The van der Waals surface area contributed by atoms with Gasteiger partial charge in [-0.1, -0.05) is 12.2 Å². The van der Waals surface area contributed by atoms with Gasteiger partial charge in [-0.15, -0.1) is 47.1 Å². The van der Waals surface area contributed by atoms with Crippen LogP contribution in [-0.2, 0) is 5.75 Å². The summed E-state index contributed by atoms with van der Waals surface area (Å²) in [5.41, 5.74) is 0. The van der Waals surface area contributed by atoms with E-state index in [1.54, 1.807) is 23.1 Å². The number of aromatic nitrogens is 1. The van der Waals surface area contributed by atoms with Crippen molar-refractivity contribution in [2.24, 2.45) is 0 Å². The summed E-state index contributed by atoms with van der Waals surface area (Å²) in [5.74, 6) is 2.08. The van der Waals surface area contributed by atoms with Gasteiger partial charge in [0.2, 0.25) is 0 Å². The summed E-state index contributed by atoms with van der Waals surface area (Å²) in [7, 11) is 0. The van der Waals surface area contributed by atoms with Gasteiger partial charge in [0, 0.05) is 29.6 Å². The van der Waals surface area contributed by atoms with Crippen molar-refractivity contribution in [3.05, 3.63) is 16.6 Å². The third-order valence-corrected chi connectivity index (χ3v) is 4.50. The van der Waals surface area contributed by atoms with Crippen LogP contribution in [0.25, 0.3) is 0 Å². The van der Waals surface area contributed by atoms with Gasteiger partial charge in [-0.25, -0.2) is 4.98 Å². The predicted octanol–water partition coefficient (Wildman–Crippen LogP) is 3.23. The Hall–Kier alpha value is 0.950. The van der Waals surface area contributed by atoms with Gasteiger partial charge in [-0.3, -0.25) is 0 Å². The standard InChI is InChI=1S/C8H12N2S4.HI/c1-12-8(11)10-2-4-13-6-7-9-3-5-14-7;/h3,5H,2,4,6H2,1H3,(H,10,11);1H. The molecule has 1 heterocycles. The molecule has 0 aromatic carbocycles. The Balaban J connectivity index is 0.00000196. The summed E-state index contributed by atoms with van der Waals surface area (Å²) in [6.45, 7) is 0.940. The molecule has 86 valence electrons. The van der Waals surface area contributed by atoms with Gasteiger partial charge in [0.15, 0.2) is 0 Å². The zero-order valence-electron chi connectivity index (χ0n) is 8.26. The molecule has 0 atom stereocenters. The predicted molar refractivity (Wildman–Crippen MR) is 87.8 cm³/mol. The second-order valence-electron chi connectivity index (χ2n) is 2.40. The second kappa shape index (κ2) is 10.1. The number of hydrogen-bond acceptors (Lipinski definition) is 5. The van der Waals surface area contributed by atoms with Crippen LogP contribution in [0.4, 0.5) is 0 Å². The maximum atomic E-state index is 5.02. The van der Waals surface area contributed by atoms with Crippen LogP contribution < -0.4 is 5.32 Å². The topological polar surface area (TPSA) is 24.9 Å². The second-order valence-corrected chi connectivity index (χ2v) is 5.96. The van der Waals surface area contributed by atoms with E-state index in [4.69, 9.17) is 12.2 Å². The van der Waals surface area contributed by atoms with E-state index in [9.17, 15) is 0 Å². The number of rotatable bonds is 5. The van der Waals surface area contributed by atoms with Crippen molar-refractivity contribution in [1.82, 2.24) is 10.3 Å². The summed E-state index contributed by atoms with van der Waals surface area (Å²) in [4.78, 5) is 4.21. The first kappa shape index (κ1) is 16.0. The quantitative estimate of drug-likeness (QED) is 0.471. The molecule has 1 rings (SSSR count). The van der Waals surface area contributed by atoms with Crippen LogP contribution in [0.5, 0.6) is 0 Å². The van der Waals surface area contributed by atoms with Gasteiger partial charge < -0.3 is 5.32 Å². The minimum atomic E-state index is 0. The molecule has 1 aromatic rings. The summed E-state index contributed by atoms with van der Waals surface area (Å²) < 4.78 is 0.875. The van der Waals surface area contributed by atoms with E-state index in [0.29, 0.717) is 0 Å². The molecule has 15 heavy (non-hydrogen) atoms. The number of nitrogens with zero attached hydrogens (tertiary/aromatic N) is 1. The third kappa shape index (κ3) is 7.78. The lowest BCUT2D eigenvalue weighted by atomic mass is 10.8. The van der Waals surface area contributed by atoms with Gasteiger partial charge in [-0.2, -0.15) is 11.8 Å². The summed E-state index contributed by atoms with van der Waals surface area (Å²) in [6, 6.07) is 0. The monoisotopic (exact) mass is 392 g/mol. The van der Waals surface area contributed by atoms with E-state index >= 15 is 0 Å². The van der Waals surface area contributed by atoms with Crippen molar-refractivity contribution in [2.45, 2.75) is 5.75 Å². The number of thioether (sulfide) groups is 2. The number of hydrogen-bond donors (Lipinski definition) is 1. The minimum Gasteiger partial charge on any atom is -0.370 e. The molecule has 2 nitrogen and oxygen atoms in total. The number of nitrogens with one attached hydrogen (secondary N) is 1. The molecule has 0 aliphatic rings. The van der Waals surface area contributed by atoms with Crippen molar-refractivity contribution >= 4 is 75.4 Å². The highest BCUT2D eigenvalue weighted by molar-refractivity contribution is 14.0. The van der Waals surface area contributed by atoms with Crippen molar-refractivity contribution in [3.8, 4) is 0 Å². The van der Waals surface area contributed by atoms with Gasteiger partial charge in [0.25, 0.3) is 0 Å². The van der Waals surface area contributed by atoms with E-state index in [1.165, 1.54) is 5.01 Å². The van der Waals surface area contributed by atoms with Crippen molar-refractivity contribution in [1.29, 1.82) is 0 Å². The molecule has 0 aliphatic heterocycles. The van der Waals surface area contributed by atoms with Crippen molar-refractivity contribution < 1.29 is 0 Å². The Morgan fingerprint density at radius 2 is 2.47 bits per heavy atom. The van der Waals surface area contributed by atoms with Gasteiger partial charge in [0.05, 0.1) is 0 Å². The zero-order valence-corrected chi connectivity index (χ0v) is 13.9. The van der Waals surface area contributed by atoms with Crippen LogP contribution in [0.1, 0.15) is 5.01 Å². The highest BCUT2D eigenvalue weighted by Gasteiger charge is 1.96. The van der Waals surface area contributed by atoms with Crippen LogP contribution in [0.3, 0.4) is 0 Å². The average Bonchev–Trinajstić information content (AvgIpc) is 2.69. The molecule has 0 radical (unpaired) electrons. The zero-order chi connectivity index (χ0) is 10.2. The third-order valence-electron chi connectivity index (χ3n) is 1.41. The smallest absolute Gasteiger partial charge is 0.133 e. The molecule has 1 aromatic heterocycles. The Labute approximate surface area is 125 Å². The van der Waals surface area contributed by atoms with E-state index in [-0.39, 0.29) is 24.0 Å². The first-order valence-electron chi connectivity index (χ1n) is 4.11. The molecule has 0 bridgehead atoms. The largest absolute Gasteiger partial charge is 0.370 e. The Bertz CT molecular complexity index is 266. The molecule has 0 amide bonds. The fraction of sp³-hybridized carbons (Fsp3) is 0.500. The molecule has 0 saturated carbocycles. The van der Waals surface area contributed by atoms with Crippen molar-refractivity contribution in [2.75, 3.05) is 18.6 Å². The Kier molecular flexibility index (Phi) is 10.8. The lowest BCUT2D eigenvalue weighted by Crippen LogP contribution is -2.20. The summed E-state index contributed by atoms with van der Waals surface area (Å²) >= 11 is 10.2. The average molecular weight is 392 g/mol. The molecule has 7 heteroatoms. The Morgan fingerprint density at radius 3 is 3.07 bits per heavy atom. The van der Waals surface area contributed by atoms with E-state index in [1.807, 2.05) is 29.6 Å².